The maximum atomic E-state index is 8.51. The summed E-state index contributed by atoms with van der Waals surface area (Å²) in [7, 11) is 0. The zero-order valence-electron chi connectivity index (χ0n) is 4.30. The monoisotopic (exact) mass is 98.1 g/mol. The fourth-order valence-corrected chi connectivity index (χ4v) is 0.847. The molecular weight excluding hydrogens is 88.1 g/mol. The summed E-state index contributed by atoms with van der Waals surface area (Å²) in [5.74, 6) is 0.472. The minimum absolute atomic E-state index is 0.330. The van der Waals surface area contributed by atoms with Gasteiger partial charge in [0.15, 0.2) is 0 Å². The number of hydrogen-bond acceptors (Lipinski definition) is 1. The maximum Gasteiger partial charge on any atom is 0.0493 e. The quantitative estimate of drug-likeness (QED) is 0.484. The van der Waals surface area contributed by atoms with Crippen molar-refractivity contribution in [2.45, 2.75) is 12.8 Å². The van der Waals surface area contributed by atoms with Crippen molar-refractivity contribution in [3.63, 3.8) is 0 Å². The van der Waals surface area contributed by atoms with E-state index in [9.17, 15) is 0 Å². The summed E-state index contributed by atoms with van der Waals surface area (Å²) in [6, 6.07) is 0. The Hall–Kier alpha value is -0.300. The molecule has 0 saturated heterocycles. The number of hydrogen-bond donors (Lipinski definition) is 1. The van der Waals surface area contributed by atoms with E-state index in [1.807, 2.05) is 0 Å². The number of aliphatic hydroxyl groups is 1. The summed E-state index contributed by atoms with van der Waals surface area (Å²) in [5, 5.41) is 8.51. The predicted octanol–water partition coefficient (Wildman–Crippen LogP) is 0.945. The van der Waals surface area contributed by atoms with Gasteiger partial charge in [-0.3, -0.25) is 0 Å². The standard InChI is InChI=1S/C6H10O/c7-5-6-3-1-2-4-6/h1,3,6-7H,2,4-5H2/t6-/m1/s1. The van der Waals surface area contributed by atoms with Gasteiger partial charge in [-0.05, 0) is 12.8 Å². The third kappa shape index (κ3) is 1.03. The van der Waals surface area contributed by atoms with Crippen LogP contribution in [0.5, 0.6) is 0 Å². The molecule has 40 valence electrons. The molecule has 0 saturated carbocycles. The molecule has 1 heteroatoms. The van der Waals surface area contributed by atoms with Crippen LogP contribution in [-0.2, 0) is 0 Å². The van der Waals surface area contributed by atoms with Crippen LogP contribution >= 0.6 is 0 Å². The Kier molecular flexibility index (Phi) is 1.47. The van der Waals surface area contributed by atoms with Crippen molar-refractivity contribution in [2.75, 3.05) is 6.61 Å². The third-order valence-corrected chi connectivity index (χ3v) is 1.35. The average Bonchev–Trinajstić information content (AvgIpc) is 2.14. The van der Waals surface area contributed by atoms with E-state index in [1.54, 1.807) is 0 Å². The van der Waals surface area contributed by atoms with Crippen LogP contribution in [0.4, 0.5) is 0 Å². The topological polar surface area (TPSA) is 20.2 Å². The van der Waals surface area contributed by atoms with Gasteiger partial charge in [-0.15, -0.1) is 0 Å². The molecule has 0 aliphatic heterocycles. The van der Waals surface area contributed by atoms with E-state index in [2.05, 4.69) is 12.2 Å². The zero-order valence-corrected chi connectivity index (χ0v) is 4.30. The minimum Gasteiger partial charge on any atom is -0.396 e. The summed E-state index contributed by atoms with van der Waals surface area (Å²) in [6.07, 6.45) is 6.52. The van der Waals surface area contributed by atoms with E-state index in [0.717, 1.165) is 12.8 Å². The molecule has 0 bridgehead atoms. The second-order valence-corrected chi connectivity index (χ2v) is 1.95. The number of rotatable bonds is 1. The highest BCUT2D eigenvalue weighted by molar-refractivity contribution is 4.95. The first-order valence-electron chi connectivity index (χ1n) is 2.71. The van der Waals surface area contributed by atoms with Crippen molar-refractivity contribution in [3.05, 3.63) is 12.2 Å². The fourth-order valence-electron chi connectivity index (χ4n) is 0.847. The van der Waals surface area contributed by atoms with Gasteiger partial charge < -0.3 is 5.11 Å². The lowest BCUT2D eigenvalue weighted by Gasteiger charge is -1.97. The van der Waals surface area contributed by atoms with Crippen molar-refractivity contribution in [1.82, 2.24) is 0 Å². The molecular formula is C6H10O. The first kappa shape index (κ1) is 4.85. The number of aliphatic hydroxyl groups excluding tert-OH is 1. The molecule has 1 aliphatic rings. The van der Waals surface area contributed by atoms with Gasteiger partial charge in [0.05, 0.1) is 0 Å². The van der Waals surface area contributed by atoms with Crippen molar-refractivity contribution >= 4 is 0 Å². The Labute approximate surface area is 43.7 Å². The van der Waals surface area contributed by atoms with Gasteiger partial charge in [0, 0.05) is 12.5 Å². The largest absolute Gasteiger partial charge is 0.396 e. The van der Waals surface area contributed by atoms with E-state index in [-0.39, 0.29) is 0 Å². The summed E-state index contributed by atoms with van der Waals surface area (Å²) in [4.78, 5) is 0. The van der Waals surface area contributed by atoms with Gasteiger partial charge in [-0.2, -0.15) is 0 Å². The van der Waals surface area contributed by atoms with Gasteiger partial charge in [0.25, 0.3) is 0 Å². The normalized spacial score (nSPS) is 29.0. The summed E-state index contributed by atoms with van der Waals surface area (Å²) >= 11 is 0. The van der Waals surface area contributed by atoms with E-state index < -0.39 is 0 Å². The van der Waals surface area contributed by atoms with Crippen molar-refractivity contribution in [2.24, 2.45) is 5.92 Å². The predicted molar refractivity (Wildman–Crippen MR) is 28.9 cm³/mol. The fraction of sp³-hybridized carbons (Fsp3) is 0.667. The molecule has 1 nitrogen and oxygen atoms in total. The highest BCUT2D eigenvalue weighted by Gasteiger charge is 2.05. The van der Waals surface area contributed by atoms with Crippen LogP contribution in [0.2, 0.25) is 0 Å². The van der Waals surface area contributed by atoms with Crippen LogP contribution in [0, 0.1) is 5.92 Å². The Balaban J connectivity index is 2.28. The first-order valence-corrected chi connectivity index (χ1v) is 2.71. The average molecular weight is 98.1 g/mol. The van der Waals surface area contributed by atoms with E-state index in [4.69, 9.17) is 5.11 Å². The lowest BCUT2D eigenvalue weighted by molar-refractivity contribution is 0.251. The summed E-state index contributed by atoms with van der Waals surface area (Å²) in [5.41, 5.74) is 0. The van der Waals surface area contributed by atoms with Crippen LogP contribution in [0.3, 0.4) is 0 Å². The molecule has 1 rings (SSSR count). The molecule has 0 amide bonds. The lowest BCUT2D eigenvalue weighted by Crippen LogP contribution is -1.96. The van der Waals surface area contributed by atoms with Crippen LogP contribution in [0.1, 0.15) is 12.8 Å². The van der Waals surface area contributed by atoms with Crippen LogP contribution in [-0.4, -0.2) is 11.7 Å². The minimum atomic E-state index is 0.330. The van der Waals surface area contributed by atoms with Gasteiger partial charge in [-0.25, -0.2) is 0 Å². The Morgan fingerprint density at radius 2 is 2.57 bits per heavy atom. The summed E-state index contributed by atoms with van der Waals surface area (Å²) < 4.78 is 0. The van der Waals surface area contributed by atoms with E-state index >= 15 is 0 Å². The molecule has 0 heterocycles. The molecule has 0 aromatic rings. The molecule has 0 spiro atoms. The smallest absolute Gasteiger partial charge is 0.0493 e. The van der Waals surface area contributed by atoms with Gasteiger partial charge in [-0.1, -0.05) is 12.2 Å². The van der Waals surface area contributed by atoms with Gasteiger partial charge >= 0.3 is 0 Å². The molecule has 1 aliphatic carbocycles. The van der Waals surface area contributed by atoms with Crippen LogP contribution in [0.25, 0.3) is 0 Å². The van der Waals surface area contributed by atoms with Gasteiger partial charge in [0.1, 0.15) is 0 Å². The van der Waals surface area contributed by atoms with Crippen LogP contribution < -0.4 is 0 Å². The second-order valence-electron chi connectivity index (χ2n) is 1.95. The molecule has 1 N–H and O–H groups in total. The van der Waals surface area contributed by atoms with Crippen molar-refractivity contribution in [1.29, 1.82) is 0 Å². The molecule has 0 aromatic carbocycles. The SMILES string of the molecule is OC[C@@H]1C=CCC1. The lowest BCUT2D eigenvalue weighted by atomic mass is 10.1. The molecule has 7 heavy (non-hydrogen) atoms. The number of allylic oxidation sites excluding steroid dienone is 1. The second kappa shape index (κ2) is 2.12. The van der Waals surface area contributed by atoms with E-state index in [1.165, 1.54) is 0 Å². The Bertz CT molecular complexity index is 76.2. The Morgan fingerprint density at radius 3 is 2.86 bits per heavy atom. The maximum absolute atomic E-state index is 8.51. The highest BCUT2D eigenvalue weighted by atomic mass is 16.3. The summed E-state index contributed by atoms with van der Waals surface area (Å²) in [6.45, 7) is 0.330. The van der Waals surface area contributed by atoms with Gasteiger partial charge in [0.2, 0.25) is 0 Å². The highest BCUT2D eigenvalue weighted by Crippen LogP contribution is 2.14. The third-order valence-electron chi connectivity index (χ3n) is 1.35. The van der Waals surface area contributed by atoms with Crippen LogP contribution in [0.15, 0.2) is 12.2 Å². The van der Waals surface area contributed by atoms with Crippen molar-refractivity contribution < 1.29 is 5.11 Å². The zero-order chi connectivity index (χ0) is 5.11. The molecule has 0 radical (unpaired) electrons. The molecule has 0 fully saturated rings. The first-order chi connectivity index (χ1) is 3.43. The Morgan fingerprint density at radius 1 is 1.71 bits per heavy atom. The van der Waals surface area contributed by atoms with E-state index in [0.29, 0.717) is 12.5 Å². The molecule has 1 atom stereocenters. The molecule has 0 aromatic heterocycles. The molecule has 0 unspecified atom stereocenters. The van der Waals surface area contributed by atoms with Crippen molar-refractivity contribution in [3.8, 4) is 0 Å².